The highest BCUT2D eigenvalue weighted by Crippen LogP contribution is 2.38. The van der Waals surface area contributed by atoms with Crippen LogP contribution in [0.1, 0.15) is 48.6 Å². The van der Waals surface area contributed by atoms with Crippen molar-refractivity contribution < 1.29 is 0 Å². The molecule has 0 spiro atoms. The maximum Gasteiger partial charge on any atom is -0.0120 e. The third-order valence-corrected chi connectivity index (χ3v) is 3.87. The maximum absolute atomic E-state index is 2.36. The molecular weight excluding hydrogens is 216 g/mol. The fourth-order valence-corrected chi connectivity index (χ4v) is 2.97. The Balaban J connectivity index is 2.88. The summed E-state index contributed by atoms with van der Waals surface area (Å²) in [6.07, 6.45) is 0. The summed E-state index contributed by atoms with van der Waals surface area (Å²) >= 11 is 0. The molecule has 0 unspecified atom stereocenters. The molecule has 2 aliphatic carbocycles. The lowest BCUT2D eigenvalue weighted by Gasteiger charge is -2.18. The fourth-order valence-electron chi connectivity index (χ4n) is 2.97. The molecule has 0 aromatic carbocycles. The van der Waals surface area contributed by atoms with Crippen molar-refractivity contribution in [1.82, 2.24) is 0 Å². The van der Waals surface area contributed by atoms with Crippen LogP contribution in [0.25, 0.3) is 11.1 Å². The van der Waals surface area contributed by atoms with Crippen LogP contribution >= 0.6 is 0 Å². The fraction of sp³-hybridized carbons (Fsp3) is 0.444. The summed E-state index contributed by atoms with van der Waals surface area (Å²) in [7, 11) is 0. The van der Waals surface area contributed by atoms with E-state index in [1.807, 2.05) is 0 Å². The van der Waals surface area contributed by atoms with Crippen LogP contribution in [0.2, 0.25) is 0 Å². The van der Waals surface area contributed by atoms with Gasteiger partial charge in [-0.1, -0.05) is 39.0 Å². The van der Waals surface area contributed by atoms with E-state index in [2.05, 4.69) is 66.7 Å². The maximum atomic E-state index is 2.36. The first-order valence-electron chi connectivity index (χ1n) is 6.73. The molecule has 0 nitrogen and oxygen atoms in total. The molecule has 0 N–H and O–H groups in total. The molecule has 0 saturated carbocycles. The molecule has 2 rings (SSSR count). The molecule has 0 atom stereocenters. The van der Waals surface area contributed by atoms with Gasteiger partial charge < -0.3 is 0 Å². The Labute approximate surface area is 111 Å². The van der Waals surface area contributed by atoms with Gasteiger partial charge in [-0.05, 0) is 72.1 Å². The van der Waals surface area contributed by atoms with Gasteiger partial charge in [0.1, 0.15) is 0 Å². The van der Waals surface area contributed by atoms with Crippen LogP contribution < -0.4 is 0 Å². The summed E-state index contributed by atoms with van der Waals surface area (Å²) < 4.78 is 0. The van der Waals surface area contributed by atoms with Crippen molar-refractivity contribution in [2.24, 2.45) is 0 Å². The monoisotopic (exact) mass is 240 g/mol. The van der Waals surface area contributed by atoms with Gasteiger partial charge in [0.15, 0.2) is 0 Å². The second-order valence-electron chi connectivity index (χ2n) is 6.62. The molecule has 96 valence electrons. The Bertz CT molecular complexity index is 525. The lowest BCUT2D eigenvalue weighted by atomic mass is 9.87. The van der Waals surface area contributed by atoms with Crippen LogP contribution in [0, 0.1) is 27.7 Å². The Kier molecular flexibility index (Phi) is 3.01. The zero-order chi connectivity index (χ0) is 13.7. The Morgan fingerprint density at radius 2 is 0.944 bits per heavy atom. The molecule has 0 aromatic rings. The molecule has 0 saturated heterocycles. The highest BCUT2D eigenvalue weighted by Gasteiger charge is 2.19. The molecule has 0 bridgehead atoms. The second-order valence-corrected chi connectivity index (χ2v) is 6.62. The smallest absolute Gasteiger partial charge is 0.0120 e. The molecule has 0 radical (unpaired) electrons. The average molecular weight is 240 g/mol. The average Bonchev–Trinajstić information content (AvgIpc) is 2.41. The van der Waals surface area contributed by atoms with Crippen molar-refractivity contribution in [2.45, 2.75) is 53.9 Å². The first-order chi connectivity index (χ1) is 8.21. The highest BCUT2D eigenvalue weighted by atomic mass is 14.2. The molecular formula is C18H24. The van der Waals surface area contributed by atoms with Crippen LogP contribution in [0.15, 0.2) is 18.2 Å². The minimum absolute atomic E-state index is 0.202. The van der Waals surface area contributed by atoms with Crippen LogP contribution in [0.3, 0.4) is 0 Å². The minimum atomic E-state index is 0.202. The van der Waals surface area contributed by atoms with Crippen molar-refractivity contribution in [3.8, 4) is 11.1 Å². The van der Waals surface area contributed by atoms with E-state index >= 15 is 0 Å². The zero-order valence-corrected chi connectivity index (χ0v) is 12.7. The van der Waals surface area contributed by atoms with E-state index in [0.717, 1.165) is 0 Å². The second kappa shape index (κ2) is 4.12. The Morgan fingerprint density at radius 1 is 0.611 bits per heavy atom. The van der Waals surface area contributed by atoms with Gasteiger partial charge in [-0.15, -0.1) is 0 Å². The van der Waals surface area contributed by atoms with Crippen molar-refractivity contribution in [2.75, 3.05) is 0 Å². The Morgan fingerprint density at radius 3 is 1.28 bits per heavy atom. The molecule has 2 aliphatic rings. The third kappa shape index (κ3) is 2.05. The van der Waals surface area contributed by atoms with E-state index in [4.69, 9.17) is 0 Å². The van der Waals surface area contributed by atoms with Crippen molar-refractivity contribution in [3.63, 3.8) is 0 Å². The van der Waals surface area contributed by atoms with Gasteiger partial charge in [-0.25, -0.2) is 0 Å². The SMILES string of the molecule is Cc1cc(C(C)(C)C)cc(C)c2c(C)cc(C)c1-2. The summed E-state index contributed by atoms with van der Waals surface area (Å²) in [6, 6.07) is 7.03. The van der Waals surface area contributed by atoms with Crippen molar-refractivity contribution in [3.05, 3.63) is 46.0 Å². The zero-order valence-electron chi connectivity index (χ0n) is 12.7. The normalized spacial score (nSPS) is 12.2. The first-order valence-corrected chi connectivity index (χ1v) is 6.73. The molecule has 18 heavy (non-hydrogen) atoms. The van der Waals surface area contributed by atoms with Gasteiger partial charge in [-0.2, -0.15) is 0 Å². The number of hydrogen-bond acceptors (Lipinski definition) is 0. The molecule has 0 heteroatoms. The predicted molar refractivity (Wildman–Crippen MR) is 80.7 cm³/mol. The largest absolute Gasteiger partial charge is 0.0561 e. The Hall–Kier alpha value is -1.30. The first kappa shape index (κ1) is 13.1. The molecule has 0 aromatic heterocycles. The minimum Gasteiger partial charge on any atom is -0.0561 e. The van der Waals surface area contributed by atoms with E-state index in [1.165, 1.54) is 38.9 Å². The third-order valence-electron chi connectivity index (χ3n) is 3.87. The van der Waals surface area contributed by atoms with E-state index in [9.17, 15) is 0 Å². The molecule has 0 aliphatic heterocycles. The number of rotatable bonds is 0. The summed E-state index contributed by atoms with van der Waals surface area (Å²) in [5, 5.41) is 0. The topological polar surface area (TPSA) is 0 Å². The van der Waals surface area contributed by atoms with E-state index in [-0.39, 0.29) is 5.41 Å². The summed E-state index contributed by atoms with van der Waals surface area (Å²) in [5.74, 6) is 0. The summed E-state index contributed by atoms with van der Waals surface area (Å²) in [5.41, 5.74) is 10.1. The highest BCUT2D eigenvalue weighted by molar-refractivity contribution is 5.80. The summed E-state index contributed by atoms with van der Waals surface area (Å²) in [6.45, 7) is 15.8. The van der Waals surface area contributed by atoms with Gasteiger partial charge in [0.2, 0.25) is 0 Å². The van der Waals surface area contributed by atoms with Crippen LogP contribution in [-0.2, 0) is 5.41 Å². The standard InChI is InChI=1S/C18H24/c1-11-8-12(2)17-14(4)10-15(18(5,6)7)9-13(3)16(11)17/h8-10H,1-7H3. The molecule has 0 heterocycles. The number of aryl methyl sites for hydroxylation is 4. The predicted octanol–water partition coefficient (Wildman–Crippen LogP) is 5.32. The lowest BCUT2D eigenvalue weighted by molar-refractivity contribution is 0.590. The van der Waals surface area contributed by atoms with Gasteiger partial charge >= 0.3 is 0 Å². The molecule has 0 fully saturated rings. The number of hydrogen-bond donors (Lipinski definition) is 0. The van der Waals surface area contributed by atoms with Crippen molar-refractivity contribution in [1.29, 1.82) is 0 Å². The molecule has 0 amide bonds. The van der Waals surface area contributed by atoms with Crippen molar-refractivity contribution >= 4 is 0 Å². The number of fused-ring (bicyclic) bond motifs is 1. The van der Waals surface area contributed by atoms with E-state index in [0.29, 0.717) is 0 Å². The lowest BCUT2D eigenvalue weighted by Crippen LogP contribution is -2.10. The van der Waals surface area contributed by atoms with Gasteiger partial charge in [-0.3, -0.25) is 0 Å². The van der Waals surface area contributed by atoms with Crippen LogP contribution in [-0.4, -0.2) is 0 Å². The van der Waals surface area contributed by atoms with Gasteiger partial charge in [0.25, 0.3) is 0 Å². The van der Waals surface area contributed by atoms with Crippen LogP contribution in [0.4, 0.5) is 0 Å². The van der Waals surface area contributed by atoms with Gasteiger partial charge in [0, 0.05) is 0 Å². The summed E-state index contributed by atoms with van der Waals surface area (Å²) in [4.78, 5) is 0. The van der Waals surface area contributed by atoms with Crippen LogP contribution in [0.5, 0.6) is 0 Å². The quantitative estimate of drug-likeness (QED) is 0.584. The van der Waals surface area contributed by atoms with Gasteiger partial charge in [0.05, 0.1) is 0 Å². The van der Waals surface area contributed by atoms with E-state index in [1.54, 1.807) is 0 Å². The van der Waals surface area contributed by atoms with E-state index < -0.39 is 0 Å².